The van der Waals surface area contributed by atoms with Gasteiger partial charge in [0.2, 0.25) is 0 Å². The van der Waals surface area contributed by atoms with Gasteiger partial charge in [0, 0.05) is 17.9 Å². The van der Waals surface area contributed by atoms with Gasteiger partial charge in [-0.1, -0.05) is 25.5 Å². The van der Waals surface area contributed by atoms with Crippen molar-refractivity contribution in [2.45, 2.75) is 44.4 Å². The lowest BCUT2D eigenvalue weighted by molar-refractivity contribution is -0.203. The molecule has 128 valence electrons. The summed E-state index contributed by atoms with van der Waals surface area (Å²) < 4.78 is 5.75. The van der Waals surface area contributed by atoms with Gasteiger partial charge in [0.05, 0.1) is 12.1 Å². The Balaban J connectivity index is 1.53. The van der Waals surface area contributed by atoms with Crippen molar-refractivity contribution in [2.75, 3.05) is 11.9 Å². The van der Waals surface area contributed by atoms with Crippen molar-refractivity contribution in [3.05, 3.63) is 41.6 Å². The Morgan fingerprint density at radius 3 is 2.75 bits per heavy atom. The molecule has 0 bridgehead atoms. The summed E-state index contributed by atoms with van der Waals surface area (Å²) in [6, 6.07) is 7.99. The molecule has 2 fully saturated rings. The zero-order chi connectivity index (χ0) is 17.1. The van der Waals surface area contributed by atoms with Crippen molar-refractivity contribution < 1.29 is 9.53 Å². The van der Waals surface area contributed by atoms with Gasteiger partial charge in [-0.05, 0) is 36.6 Å². The second-order valence-corrected chi connectivity index (χ2v) is 6.34. The summed E-state index contributed by atoms with van der Waals surface area (Å²) in [5.74, 6) is -0.456. The minimum Gasteiger partial charge on any atom is -0.402 e. The number of hydrogen-bond donors (Lipinski definition) is 4. The van der Waals surface area contributed by atoms with Crippen LogP contribution < -0.4 is 16.4 Å². The number of nitrogens with two attached hydrogens (primary N) is 1. The van der Waals surface area contributed by atoms with Gasteiger partial charge in [0.1, 0.15) is 11.8 Å². The Kier molecular flexibility index (Phi) is 4.97. The van der Waals surface area contributed by atoms with Crippen LogP contribution in [0.3, 0.4) is 0 Å². The highest BCUT2D eigenvalue weighted by Crippen LogP contribution is 2.39. The molecule has 2 aliphatic heterocycles. The van der Waals surface area contributed by atoms with Crippen molar-refractivity contribution >= 4 is 17.3 Å². The van der Waals surface area contributed by atoms with Crippen molar-refractivity contribution in [1.82, 2.24) is 5.32 Å². The summed E-state index contributed by atoms with van der Waals surface area (Å²) in [5, 5.41) is 13.9. The van der Waals surface area contributed by atoms with Gasteiger partial charge in [-0.15, -0.1) is 0 Å². The number of anilines is 1. The standard InChI is InChI=1S/C18H24N4O2/c1-2-3-4-12(19)9-14(20)18(23)22-13-7-5-11(6-8-13)17-16-15(24-17)10-21-16/h5-9,15-17,20-21H,2-4,10,19H2,1H3,(H,22,23)/t15?,16-,17+/m1/s1. The van der Waals surface area contributed by atoms with Gasteiger partial charge in [-0.2, -0.15) is 0 Å². The van der Waals surface area contributed by atoms with Gasteiger partial charge in [-0.3, -0.25) is 10.2 Å². The van der Waals surface area contributed by atoms with Crippen molar-refractivity contribution in [2.24, 2.45) is 5.73 Å². The van der Waals surface area contributed by atoms with Crippen LogP contribution in [-0.2, 0) is 9.53 Å². The number of rotatable bonds is 7. The lowest BCUT2D eigenvalue weighted by Gasteiger charge is -2.53. The highest BCUT2D eigenvalue weighted by molar-refractivity contribution is 6.46. The molecular formula is C18H24N4O2. The van der Waals surface area contributed by atoms with Gasteiger partial charge < -0.3 is 21.1 Å². The SMILES string of the molecule is CCCCC(N)=CC(=N)C(=O)Nc1ccc([C@@H]2OC3CN[C@H]32)cc1. The maximum Gasteiger partial charge on any atom is 0.273 e. The fraction of sp³-hybridized carbons (Fsp3) is 0.444. The van der Waals surface area contributed by atoms with Crippen LogP contribution in [-0.4, -0.2) is 30.3 Å². The first kappa shape index (κ1) is 16.7. The summed E-state index contributed by atoms with van der Waals surface area (Å²) in [7, 11) is 0. The molecule has 3 atom stereocenters. The van der Waals surface area contributed by atoms with E-state index in [1.54, 1.807) is 0 Å². The van der Waals surface area contributed by atoms with Crippen LogP contribution >= 0.6 is 0 Å². The van der Waals surface area contributed by atoms with Crippen LogP contribution in [0, 0.1) is 5.41 Å². The van der Waals surface area contributed by atoms with Crippen LogP contribution in [0.4, 0.5) is 5.69 Å². The third kappa shape index (κ3) is 3.49. The number of unbranched alkanes of at least 4 members (excludes halogenated alkanes) is 1. The third-order valence-electron chi connectivity index (χ3n) is 4.49. The van der Waals surface area contributed by atoms with Crippen LogP contribution in [0.25, 0.3) is 0 Å². The zero-order valence-corrected chi connectivity index (χ0v) is 13.8. The van der Waals surface area contributed by atoms with E-state index in [9.17, 15) is 4.79 Å². The number of morpholine rings is 1. The smallest absolute Gasteiger partial charge is 0.273 e. The number of amides is 1. The number of benzene rings is 1. The van der Waals surface area contributed by atoms with E-state index in [1.165, 1.54) is 6.08 Å². The third-order valence-corrected chi connectivity index (χ3v) is 4.49. The first-order valence-corrected chi connectivity index (χ1v) is 8.43. The topological polar surface area (TPSA) is 100 Å². The largest absolute Gasteiger partial charge is 0.402 e. The fourth-order valence-electron chi connectivity index (χ4n) is 2.91. The van der Waals surface area contributed by atoms with Crippen molar-refractivity contribution in [3.8, 4) is 0 Å². The summed E-state index contributed by atoms with van der Waals surface area (Å²) in [6.07, 6.45) is 4.59. The summed E-state index contributed by atoms with van der Waals surface area (Å²) in [5.41, 5.74) is 8.01. The molecule has 0 aliphatic carbocycles. The average molecular weight is 328 g/mol. The molecule has 2 aliphatic rings. The van der Waals surface area contributed by atoms with Crippen molar-refractivity contribution in [1.29, 1.82) is 5.41 Å². The van der Waals surface area contributed by atoms with Gasteiger partial charge in [-0.25, -0.2) is 0 Å². The Labute approximate surface area is 142 Å². The monoisotopic (exact) mass is 328 g/mol. The van der Waals surface area contributed by atoms with E-state index in [2.05, 4.69) is 17.6 Å². The van der Waals surface area contributed by atoms with E-state index in [-0.39, 0.29) is 11.8 Å². The highest BCUT2D eigenvalue weighted by Gasteiger charge is 2.49. The molecule has 1 amide bonds. The molecule has 0 spiro atoms. The first-order chi connectivity index (χ1) is 11.6. The number of ether oxygens (including phenoxy) is 1. The lowest BCUT2D eigenvalue weighted by atomic mass is 9.86. The molecule has 1 aromatic rings. The van der Waals surface area contributed by atoms with Gasteiger partial charge in [0.25, 0.3) is 5.91 Å². The fourth-order valence-corrected chi connectivity index (χ4v) is 2.91. The molecule has 3 rings (SSSR count). The second-order valence-electron chi connectivity index (χ2n) is 6.34. The number of carbonyl (C=O) groups is 1. The number of hydrogen-bond acceptors (Lipinski definition) is 5. The van der Waals surface area contributed by atoms with E-state index in [0.29, 0.717) is 30.0 Å². The van der Waals surface area contributed by atoms with E-state index in [0.717, 1.165) is 24.9 Å². The number of allylic oxidation sites excluding steroid dienone is 1. The minimum absolute atomic E-state index is 0.105. The highest BCUT2D eigenvalue weighted by atomic mass is 16.5. The van der Waals surface area contributed by atoms with E-state index in [4.69, 9.17) is 15.9 Å². The summed E-state index contributed by atoms with van der Waals surface area (Å²) >= 11 is 0. The Morgan fingerprint density at radius 1 is 1.46 bits per heavy atom. The molecule has 0 aromatic heterocycles. The van der Waals surface area contributed by atoms with Crippen LogP contribution in [0.15, 0.2) is 36.0 Å². The van der Waals surface area contributed by atoms with E-state index >= 15 is 0 Å². The molecule has 1 aromatic carbocycles. The van der Waals surface area contributed by atoms with Crippen LogP contribution in [0.1, 0.15) is 37.9 Å². The molecule has 5 N–H and O–H groups in total. The van der Waals surface area contributed by atoms with Crippen LogP contribution in [0.2, 0.25) is 0 Å². The van der Waals surface area contributed by atoms with Gasteiger partial charge in [0.15, 0.2) is 0 Å². The number of fused-ring (bicyclic) bond motifs is 1. The molecule has 2 heterocycles. The number of nitrogens with one attached hydrogen (secondary N) is 3. The first-order valence-electron chi connectivity index (χ1n) is 8.43. The van der Waals surface area contributed by atoms with Crippen LogP contribution in [0.5, 0.6) is 0 Å². The maximum atomic E-state index is 12.0. The Hall–Kier alpha value is -2.18. The average Bonchev–Trinajstić information content (AvgIpc) is 2.56. The molecule has 1 unspecified atom stereocenters. The predicted octanol–water partition coefficient (Wildman–Crippen LogP) is 2.09. The second kappa shape index (κ2) is 7.15. The summed E-state index contributed by atoms with van der Waals surface area (Å²) in [6.45, 7) is 3.01. The summed E-state index contributed by atoms with van der Waals surface area (Å²) in [4.78, 5) is 12.0. The van der Waals surface area contributed by atoms with E-state index < -0.39 is 5.91 Å². The molecule has 6 nitrogen and oxygen atoms in total. The molecular weight excluding hydrogens is 304 g/mol. The molecule has 6 heteroatoms. The normalized spacial score (nSPS) is 25.2. The Morgan fingerprint density at radius 2 is 2.21 bits per heavy atom. The number of carbonyl (C=O) groups excluding carboxylic acids is 1. The molecule has 24 heavy (non-hydrogen) atoms. The van der Waals surface area contributed by atoms with E-state index in [1.807, 2.05) is 24.3 Å². The minimum atomic E-state index is -0.456. The molecule has 0 saturated carbocycles. The maximum absolute atomic E-state index is 12.0. The zero-order valence-electron chi connectivity index (χ0n) is 13.8. The predicted molar refractivity (Wildman–Crippen MR) is 94.0 cm³/mol. The van der Waals surface area contributed by atoms with Crippen molar-refractivity contribution in [3.63, 3.8) is 0 Å². The molecule has 2 saturated heterocycles. The van der Waals surface area contributed by atoms with Gasteiger partial charge >= 0.3 is 0 Å². The lowest BCUT2D eigenvalue weighted by Crippen LogP contribution is -2.69. The molecule has 0 radical (unpaired) electrons. The quantitative estimate of drug-likeness (QED) is 0.576. The Bertz CT molecular complexity index is 653.